The van der Waals surface area contributed by atoms with Gasteiger partial charge in [-0.1, -0.05) is 36.4 Å². The number of nitrogens with zero attached hydrogens (tertiary/aromatic N) is 2. The fraction of sp³-hybridized carbons (Fsp3) is 0.182. The highest BCUT2D eigenvalue weighted by Crippen LogP contribution is 2.28. The second-order valence-electron chi connectivity index (χ2n) is 6.72. The van der Waals surface area contributed by atoms with Crippen LogP contribution in [-0.4, -0.2) is 38.5 Å². The Morgan fingerprint density at radius 2 is 1.94 bits per heavy atom. The van der Waals surface area contributed by atoms with E-state index < -0.39 is 22.5 Å². The van der Waals surface area contributed by atoms with Crippen LogP contribution in [0.15, 0.2) is 81.3 Å². The summed E-state index contributed by atoms with van der Waals surface area (Å²) in [4.78, 5) is 12.5. The van der Waals surface area contributed by atoms with Crippen LogP contribution in [0.3, 0.4) is 0 Å². The number of hydrazone groups is 1. The number of ether oxygens (including phenoxy) is 1. The normalized spacial score (nSPS) is 11.7. The van der Waals surface area contributed by atoms with E-state index in [9.17, 15) is 13.2 Å². The summed E-state index contributed by atoms with van der Waals surface area (Å²) in [6.45, 7) is 1.37. The predicted molar refractivity (Wildman–Crippen MR) is 116 cm³/mol. The Morgan fingerprint density at radius 3 is 2.61 bits per heavy atom. The molecule has 3 rings (SSSR count). The molecule has 2 aromatic carbocycles. The molecule has 0 saturated carbocycles. The van der Waals surface area contributed by atoms with Crippen LogP contribution in [0.1, 0.15) is 16.9 Å². The third-order valence-electron chi connectivity index (χ3n) is 4.38. The fourth-order valence-corrected chi connectivity index (χ4v) is 4.49. The number of hydrogen-bond acceptors (Lipinski definition) is 6. The first kappa shape index (κ1) is 22.3. The molecule has 8 nitrogen and oxygen atoms in total. The summed E-state index contributed by atoms with van der Waals surface area (Å²) >= 11 is 0. The van der Waals surface area contributed by atoms with Crippen molar-refractivity contribution in [3.05, 3.63) is 83.8 Å². The minimum atomic E-state index is -4.05. The van der Waals surface area contributed by atoms with E-state index in [1.54, 1.807) is 55.5 Å². The van der Waals surface area contributed by atoms with Crippen molar-refractivity contribution in [1.82, 2.24) is 9.73 Å². The molecule has 0 spiro atoms. The van der Waals surface area contributed by atoms with Crippen LogP contribution in [0.5, 0.6) is 5.75 Å². The maximum atomic E-state index is 13.5. The molecule has 0 saturated heterocycles. The van der Waals surface area contributed by atoms with Gasteiger partial charge < -0.3 is 9.15 Å². The molecule has 0 aliphatic heterocycles. The van der Waals surface area contributed by atoms with Crippen molar-refractivity contribution >= 4 is 22.1 Å². The van der Waals surface area contributed by atoms with Gasteiger partial charge in [0.2, 0.25) is 10.0 Å². The average molecular weight is 442 g/mol. The maximum absolute atomic E-state index is 13.5. The fourth-order valence-electron chi connectivity index (χ4n) is 2.87. The number of amides is 1. The number of carbonyl (C=O) groups is 1. The molecular weight excluding hydrogens is 418 g/mol. The minimum absolute atomic E-state index is 0.00202. The second kappa shape index (κ2) is 10.1. The number of methoxy groups -OCH3 is 1. The van der Waals surface area contributed by atoms with Crippen molar-refractivity contribution in [3.63, 3.8) is 0 Å². The van der Waals surface area contributed by atoms with Gasteiger partial charge in [0.15, 0.2) is 0 Å². The van der Waals surface area contributed by atoms with Gasteiger partial charge in [0.25, 0.3) is 5.91 Å². The molecule has 162 valence electrons. The van der Waals surface area contributed by atoms with E-state index in [2.05, 4.69) is 10.5 Å². The number of hydrogen-bond donors (Lipinski definition) is 1. The molecule has 1 amide bonds. The Balaban J connectivity index is 1.87. The molecule has 1 aromatic heterocycles. The summed E-state index contributed by atoms with van der Waals surface area (Å²) < 4.78 is 38.4. The van der Waals surface area contributed by atoms with Crippen LogP contribution in [0.4, 0.5) is 0 Å². The number of carbonyl (C=O) groups excluding carboxylic acids is 1. The van der Waals surface area contributed by atoms with E-state index >= 15 is 0 Å². The van der Waals surface area contributed by atoms with Gasteiger partial charge in [0.1, 0.15) is 16.4 Å². The first-order valence-electron chi connectivity index (χ1n) is 9.44. The summed E-state index contributed by atoms with van der Waals surface area (Å²) in [5.74, 6) is 0.0763. The number of nitrogens with one attached hydrogen (secondary N) is 1. The highest BCUT2D eigenvalue weighted by atomic mass is 32.2. The van der Waals surface area contributed by atoms with E-state index in [1.807, 2.05) is 6.07 Å². The number of benzene rings is 2. The molecule has 0 fully saturated rings. The first-order chi connectivity index (χ1) is 14.9. The molecule has 0 radical (unpaired) electrons. The third kappa shape index (κ3) is 5.80. The summed E-state index contributed by atoms with van der Waals surface area (Å²) in [6.07, 6.45) is 2.81. The van der Waals surface area contributed by atoms with Crippen LogP contribution in [0.2, 0.25) is 0 Å². The van der Waals surface area contributed by atoms with Crippen molar-refractivity contribution < 1.29 is 22.4 Å². The van der Waals surface area contributed by atoms with E-state index in [1.165, 1.54) is 25.7 Å². The lowest BCUT2D eigenvalue weighted by Gasteiger charge is -2.23. The molecule has 9 heteroatoms. The third-order valence-corrected chi connectivity index (χ3v) is 6.20. The Labute approximate surface area is 181 Å². The van der Waals surface area contributed by atoms with Gasteiger partial charge in [-0.15, -0.1) is 0 Å². The number of rotatable bonds is 9. The maximum Gasteiger partial charge on any atom is 0.255 e. The van der Waals surface area contributed by atoms with Gasteiger partial charge in [-0.2, -0.15) is 9.41 Å². The number of furan rings is 1. The van der Waals surface area contributed by atoms with Gasteiger partial charge in [0, 0.05) is 6.54 Å². The van der Waals surface area contributed by atoms with Crippen LogP contribution in [0.25, 0.3) is 0 Å². The monoisotopic (exact) mass is 441 g/mol. The molecule has 1 heterocycles. The Kier molecular flexibility index (Phi) is 7.22. The highest BCUT2D eigenvalue weighted by Gasteiger charge is 2.30. The smallest absolute Gasteiger partial charge is 0.255 e. The SMILES string of the molecule is COc1ccc(C)cc1S(=O)(=O)N(CC(=O)N/N=C/c1ccco1)Cc1ccccc1. The summed E-state index contributed by atoms with van der Waals surface area (Å²) in [5, 5.41) is 3.81. The van der Waals surface area contributed by atoms with Crippen LogP contribution in [-0.2, 0) is 21.4 Å². The van der Waals surface area contributed by atoms with E-state index in [0.717, 1.165) is 15.4 Å². The summed E-state index contributed by atoms with van der Waals surface area (Å²) in [5.41, 5.74) is 3.83. The van der Waals surface area contributed by atoms with Gasteiger partial charge in [-0.3, -0.25) is 4.79 Å². The van der Waals surface area contributed by atoms with Crippen molar-refractivity contribution in [2.45, 2.75) is 18.4 Å². The zero-order valence-electron chi connectivity index (χ0n) is 17.2. The predicted octanol–water partition coefficient (Wildman–Crippen LogP) is 2.94. The second-order valence-corrected chi connectivity index (χ2v) is 8.63. The lowest BCUT2D eigenvalue weighted by Crippen LogP contribution is -2.39. The largest absolute Gasteiger partial charge is 0.495 e. The van der Waals surface area contributed by atoms with Gasteiger partial charge in [-0.25, -0.2) is 13.8 Å². The lowest BCUT2D eigenvalue weighted by atomic mass is 10.2. The molecule has 31 heavy (non-hydrogen) atoms. The molecule has 1 N–H and O–H groups in total. The molecule has 0 aliphatic carbocycles. The zero-order valence-corrected chi connectivity index (χ0v) is 18.0. The van der Waals surface area contributed by atoms with Gasteiger partial charge >= 0.3 is 0 Å². The van der Waals surface area contributed by atoms with Crippen LogP contribution >= 0.6 is 0 Å². The Bertz CT molecular complexity index is 1140. The molecule has 0 bridgehead atoms. The quantitative estimate of drug-likeness (QED) is 0.406. The topological polar surface area (TPSA) is 101 Å². The Hall–Kier alpha value is -3.43. The van der Waals surface area contributed by atoms with Crippen molar-refractivity contribution in [1.29, 1.82) is 0 Å². The summed E-state index contributed by atoms with van der Waals surface area (Å²) in [6, 6.07) is 17.3. The van der Waals surface area contributed by atoms with Crippen molar-refractivity contribution in [3.8, 4) is 5.75 Å². The number of sulfonamides is 1. The lowest BCUT2D eigenvalue weighted by molar-refractivity contribution is -0.121. The number of aryl methyl sites for hydroxylation is 1. The van der Waals surface area contributed by atoms with Crippen LogP contribution in [0, 0.1) is 6.92 Å². The molecule has 0 unspecified atom stereocenters. The molecular formula is C22H23N3O5S. The van der Waals surface area contributed by atoms with Crippen molar-refractivity contribution in [2.24, 2.45) is 5.10 Å². The molecule has 0 atom stereocenters. The molecule has 0 aliphatic rings. The van der Waals surface area contributed by atoms with E-state index in [0.29, 0.717) is 5.76 Å². The van der Waals surface area contributed by atoms with Gasteiger partial charge in [-0.05, 0) is 42.3 Å². The zero-order chi connectivity index (χ0) is 22.3. The highest BCUT2D eigenvalue weighted by molar-refractivity contribution is 7.89. The van der Waals surface area contributed by atoms with E-state index in [-0.39, 0.29) is 17.2 Å². The summed E-state index contributed by atoms with van der Waals surface area (Å²) in [7, 11) is -2.65. The standard InChI is InChI=1S/C22H23N3O5S/c1-17-10-11-20(29-2)21(13-17)31(27,28)25(15-18-7-4-3-5-8-18)16-22(26)24-23-14-19-9-6-12-30-19/h3-14H,15-16H2,1-2H3,(H,24,26)/b23-14+. The van der Waals surface area contributed by atoms with Gasteiger partial charge in [0.05, 0.1) is 26.1 Å². The van der Waals surface area contributed by atoms with E-state index in [4.69, 9.17) is 9.15 Å². The average Bonchev–Trinajstić information content (AvgIpc) is 3.27. The van der Waals surface area contributed by atoms with Crippen LogP contribution < -0.4 is 10.2 Å². The molecule has 3 aromatic rings. The minimum Gasteiger partial charge on any atom is -0.495 e. The van der Waals surface area contributed by atoms with Crippen molar-refractivity contribution in [2.75, 3.05) is 13.7 Å². The Morgan fingerprint density at radius 1 is 1.16 bits per heavy atom. The first-order valence-corrected chi connectivity index (χ1v) is 10.9.